The third-order valence-corrected chi connectivity index (χ3v) is 1.67. The first kappa shape index (κ1) is 9.44. The number of carbonyl (C=O) groups excluding carboxylic acids is 1. The van der Waals surface area contributed by atoms with Crippen LogP contribution in [0.1, 0.15) is 6.42 Å². The van der Waals surface area contributed by atoms with Gasteiger partial charge in [0.2, 0.25) is 0 Å². The van der Waals surface area contributed by atoms with Crippen molar-refractivity contribution in [2.45, 2.75) is 18.6 Å². The van der Waals surface area contributed by atoms with Crippen molar-refractivity contribution in [2.24, 2.45) is 5.73 Å². The summed E-state index contributed by atoms with van der Waals surface area (Å²) in [4.78, 5) is 11.0. The molecule has 1 aliphatic rings. The maximum absolute atomic E-state index is 11.0. The van der Waals surface area contributed by atoms with Gasteiger partial charge in [0.15, 0.2) is 0 Å². The van der Waals surface area contributed by atoms with Gasteiger partial charge in [0.1, 0.15) is 12.1 Å². The molecule has 5 heteroatoms. The summed E-state index contributed by atoms with van der Waals surface area (Å²) >= 11 is 0. The summed E-state index contributed by atoms with van der Waals surface area (Å²) in [6.07, 6.45) is 0.527. The lowest BCUT2D eigenvalue weighted by Crippen LogP contribution is -2.37. The lowest BCUT2D eigenvalue weighted by Gasteiger charge is -2.12. The molecule has 1 aliphatic heterocycles. The fourth-order valence-electron chi connectivity index (χ4n) is 0.932. The first-order valence-electron chi connectivity index (χ1n) is 3.88. The number of hydrogen-bond donors (Lipinski definition) is 2. The van der Waals surface area contributed by atoms with Gasteiger partial charge in [-0.25, -0.2) is 0 Å². The van der Waals surface area contributed by atoms with Crippen LogP contribution in [0, 0.1) is 0 Å². The van der Waals surface area contributed by atoms with E-state index in [0.717, 1.165) is 0 Å². The van der Waals surface area contributed by atoms with Crippen LogP contribution in [0.5, 0.6) is 0 Å². The molecule has 3 N–H and O–H groups in total. The Bertz CT molecular complexity index is 155. The van der Waals surface area contributed by atoms with E-state index in [1.54, 1.807) is 0 Å². The molecule has 70 valence electrons. The first-order chi connectivity index (χ1) is 5.74. The molecular formula is C7H13NO4. The van der Waals surface area contributed by atoms with Crippen LogP contribution in [0.4, 0.5) is 0 Å². The molecule has 1 heterocycles. The van der Waals surface area contributed by atoms with E-state index in [1.165, 1.54) is 0 Å². The molecule has 1 saturated heterocycles. The maximum atomic E-state index is 11.0. The fourth-order valence-corrected chi connectivity index (χ4v) is 0.932. The number of aliphatic hydroxyl groups excluding tert-OH is 1. The SMILES string of the molecule is NC(CO)C(=O)OC1CCOC1. The molecule has 5 nitrogen and oxygen atoms in total. The molecule has 0 aliphatic carbocycles. The predicted octanol–water partition coefficient (Wildman–Crippen LogP) is -1.36. The Morgan fingerprint density at radius 3 is 3.08 bits per heavy atom. The highest BCUT2D eigenvalue weighted by Gasteiger charge is 2.22. The molecule has 1 fully saturated rings. The number of carbonyl (C=O) groups is 1. The van der Waals surface area contributed by atoms with Crippen LogP contribution in [0.25, 0.3) is 0 Å². The van der Waals surface area contributed by atoms with E-state index in [4.69, 9.17) is 20.3 Å². The Kier molecular flexibility index (Phi) is 3.46. The lowest BCUT2D eigenvalue weighted by atomic mass is 10.3. The third kappa shape index (κ3) is 2.44. The Labute approximate surface area is 70.4 Å². The van der Waals surface area contributed by atoms with Gasteiger partial charge in [-0.3, -0.25) is 4.79 Å². The highest BCUT2D eigenvalue weighted by molar-refractivity contribution is 5.75. The van der Waals surface area contributed by atoms with Crippen molar-refractivity contribution in [2.75, 3.05) is 19.8 Å². The fraction of sp³-hybridized carbons (Fsp3) is 0.857. The molecule has 2 atom stereocenters. The number of ether oxygens (including phenoxy) is 2. The van der Waals surface area contributed by atoms with Gasteiger partial charge < -0.3 is 20.3 Å². The van der Waals surface area contributed by atoms with Crippen LogP contribution in [0.15, 0.2) is 0 Å². The topological polar surface area (TPSA) is 81.8 Å². The first-order valence-corrected chi connectivity index (χ1v) is 3.88. The molecule has 1 rings (SSSR count). The van der Waals surface area contributed by atoms with Crippen molar-refractivity contribution in [3.05, 3.63) is 0 Å². The summed E-state index contributed by atoms with van der Waals surface area (Å²) in [5, 5.41) is 8.52. The van der Waals surface area contributed by atoms with E-state index in [2.05, 4.69) is 0 Å². The standard InChI is InChI=1S/C7H13NO4/c8-6(3-9)7(10)12-5-1-2-11-4-5/h5-6,9H,1-4,8H2. The average molecular weight is 175 g/mol. The van der Waals surface area contributed by atoms with Crippen LogP contribution in [-0.2, 0) is 14.3 Å². The van der Waals surface area contributed by atoms with Crippen LogP contribution >= 0.6 is 0 Å². The summed E-state index contributed by atoms with van der Waals surface area (Å²) in [7, 11) is 0. The summed E-state index contributed by atoms with van der Waals surface area (Å²) in [5.74, 6) is -0.562. The monoisotopic (exact) mass is 175 g/mol. The molecule has 0 aromatic rings. The molecule has 0 saturated carbocycles. The minimum atomic E-state index is -0.925. The molecule has 2 unspecified atom stereocenters. The van der Waals surface area contributed by atoms with Gasteiger partial charge in [0.05, 0.1) is 19.8 Å². The minimum Gasteiger partial charge on any atom is -0.459 e. The Balaban J connectivity index is 2.25. The molecular weight excluding hydrogens is 162 g/mol. The third-order valence-electron chi connectivity index (χ3n) is 1.67. The Morgan fingerprint density at radius 2 is 2.58 bits per heavy atom. The second-order valence-electron chi connectivity index (χ2n) is 2.71. The number of aliphatic hydroxyl groups is 1. The van der Waals surface area contributed by atoms with Gasteiger partial charge in [0.25, 0.3) is 0 Å². The zero-order valence-corrected chi connectivity index (χ0v) is 6.73. The summed E-state index contributed by atoms with van der Waals surface area (Å²) < 4.78 is 9.91. The van der Waals surface area contributed by atoms with Crippen molar-refractivity contribution in [3.63, 3.8) is 0 Å². The molecule has 0 aromatic heterocycles. The molecule has 0 spiro atoms. The predicted molar refractivity (Wildman–Crippen MR) is 40.4 cm³/mol. The number of hydrogen-bond acceptors (Lipinski definition) is 5. The number of rotatable bonds is 3. The highest BCUT2D eigenvalue weighted by atomic mass is 16.6. The van der Waals surface area contributed by atoms with Crippen molar-refractivity contribution in [3.8, 4) is 0 Å². The van der Waals surface area contributed by atoms with Crippen LogP contribution in [0.3, 0.4) is 0 Å². The van der Waals surface area contributed by atoms with Gasteiger partial charge in [-0.15, -0.1) is 0 Å². The zero-order chi connectivity index (χ0) is 8.97. The van der Waals surface area contributed by atoms with Crippen LogP contribution in [-0.4, -0.2) is 43.0 Å². The van der Waals surface area contributed by atoms with E-state index >= 15 is 0 Å². The average Bonchev–Trinajstić information content (AvgIpc) is 2.55. The van der Waals surface area contributed by atoms with Gasteiger partial charge in [-0.05, 0) is 0 Å². The van der Waals surface area contributed by atoms with Gasteiger partial charge in [-0.1, -0.05) is 0 Å². The van der Waals surface area contributed by atoms with Crippen molar-refractivity contribution in [1.29, 1.82) is 0 Å². The lowest BCUT2D eigenvalue weighted by molar-refractivity contribution is -0.151. The number of nitrogens with two attached hydrogens (primary N) is 1. The Hall–Kier alpha value is -0.650. The second-order valence-corrected chi connectivity index (χ2v) is 2.71. The Morgan fingerprint density at radius 1 is 1.83 bits per heavy atom. The summed E-state index contributed by atoms with van der Waals surface area (Å²) in [6, 6.07) is -0.925. The van der Waals surface area contributed by atoms with Crippen molar-refractivity contribution >= 4 is 5.97 Å². The quantitative estimate of drug-likeness (QED) is 0.518. The molecule has 0 amide bonds. The largest absolute Gasteiger partial charge is 0.459 e. The number of esters is 1. The van der Waals surface area contributed by atoms with Crippen molar-refractivity contribution in [1.82, 2.24) is 0 Å². The zero-order valence-electron chi connectivity index (χ0n) is 6.73. The smallest absolute Gasteiger partial charge is 0.325 e. The van der Waals surface area contributed by atoms with E-state index in [9.17, 15) is 4.79 Å². The van der Waals surface area contributed by atoms with Gasteiger partial charge >= 0.3 is 5.97 Å². The summed E-state index contributed by atoms with van der Waals surface area (Å²) in [6.45, 7) is 0.669. The maximum Gasteiger partial charge on any atom is 0.325 e. The van der Waals surface area contributed by atoms with Gasteiger partial charge in [0, 0.05) is 6.42 Å². The van der Waals surface area contributed by atoms with E-state index in [-0.39, 0.29) is 12.7 Å². The molecule has 0 bridgehead atoms. The van der Waals surface area contributed by atoms with E-state index < -0.39 is 12.0 Å². The normalized spacial score (nSPS) is 25.3. The molecule has 0 radical (unpaired) electrons. The van der Waals surface area contributed by atoms with E-state index in [0.29, 0.717) is 19.6 Å². The minimum absolute atomic E-state index is 0.185. The van der Waals surface area contributed by atoms with Crippen molar-refractivity contribution < 1.29 is 19.4 Å². The summed E-state index contributed by atoms with van der Waals surface area (Å²) in [5.41, 5.74) is 5.23. The second kappa shape index (κ2) is 4.39. The van der Waals surface area contributed by atoms with E-state index in [1.807, 2.05) is 0 Å². The molecule has 0 aromatic carbocycles. The van der Waals surface area contributed by atoms with Gasteiger partial charge in [-0.2, -0.15) is 0 Å². The molecule has 12 heavy (non-hydrogen) atoms. The highest BCUT2D eigenvalue weighted by Crippen LogP contribution is 2.08. The van der Waals surface area contributed by atoms with Crippen LogP contribution in [0.2, 0.25) is 0 Å². The van der Waals surface area contributed by atoms with Crippen LogP contribution < -0.4 is 5.73 Å².